The van der Waals surface area contributed by atoms with E-state index in [-0.39, 0.29) is 5.92 Å². The number of hydrogen-bond acceptors (Lipinski definition) is 4. The molecule has 1 aliphatic rings. The quantitative estimate of drug-likeness (QED) is 0.810. The van der Waals surface area contributed by atoms with Crippen molar-refractivity contribution in [2.45, 2.75) is 26.3 Å². The number of aryl methyl sites for hydroxylation is 1. The average molecular weight is 300 g/mol. The molecule has 4 heteroatoms. The third-order valence-electron chi connectivity index (χ3n) is 4.12. The zero-order valence-corrected chi connectivity index (χ0v) is 13.1. The minimum Gasteiger partial charge on any atom is -0.298 e. The van der Waals surface area contributed by atoms with E-state index in [4.69, 9.17) is 0 Å². The molecular weight excluding hydrogens is 280 g/mol. The fraction of sp³-hybridized carbons (Fsp3) is 0.412. The van der Waals surface area contributed by atoms with Gasteiger partial charge in [-0.3, -0.25) is 14.7 Å². The van der Waals surface area contributed by atoms with Crippen LogP contribution in [-0.2, 0) is 6.54 Å². The van der Waals surface area contributed by atoms with Gasteiger partial charge >= 0.3 is 0 Å². The number of carbonyl (C=O) groups excluding carboxylic acids is 1. The van der Waals surface area contributed by atoms with E-state index in [0.29, 0.717) is 5.78 Å². The molecule has 0 aromatic carbocycles. The Hall–Kier alpha value is -1.52. The van der Waals surface area contributed by atoms with Crippen molar-refractivity contribution in [2.24, 2.45) is 5.92 Å². The lowest BCUT2D eigenvalue weighted by Gasteiger charge is -2.31. The largest absolute Gasteiger partial charge is 0.298 e. The summed E-state index contributed by atoms with van der Waals surface area (Å²) in [6, 6.07) is 6.14. The molecule has 0 saturated carbocycles. The molecule has 3 nitrogen and oxygen atoms in total. The third-order valence-corrected chi connectivity index (χ3v) is 5.15. The van der Waals surface area contributed by atoms with Crippen molar-refractivity contribution in [2.75, 3.05) is 13.1 Å². The normalized spacial score (nSPS) is 19.6. The summed E-state index contributed by atoms with van der Waals surface area (Å²) in [6.45, 7) is 4.89. The number of likely N-dealkylation sites (tertiary alicyclic amines) is 1. The van der Waals surface area contributed by atoms with Gasteiger partial charge in [-0.25, -0.2) is 0 Å². The predicted octanol–water partition coefficient (Wildman–Crippen LogP) is 3.55. The molecule has 1 saturated heterocycles. The number of rotatable bonds is 4. The predicted molar refractivity (Wildman–Crippen MR) is 85.6 cm³/mol. The second kappa shape index (κ2) is 6.50. The van der Waals surface area contributed by atoms with Crippen LogP contribution < -0.4 is 0 Å². The summed E-state index contributed by atoms with van der Waals surface area (Å²) in [7, 11) is 0. The van der Waals surface area contributed by atoms with Crippen molar-refractivity contribution in [3.63, 3.8) is 0 Å². The summed E-state index contributed by atoms with van der Waals surface area (Å²) in [4.78, 5) is 20.1. The molecule has 2 aromatic heterocycles. The van der Waals surface area contributed by atoms with E-state index in [2.05, 4.69) is 22.0 Å². The van der Waals surface area contributed by atoms with E-state index in [1.54, 1.807) is 11.3 Å². The monoisotopic (exact) mass is 300 g/mol. The third kappa shape index (κ3) is 3.39. The molecule has 3 rings (SSSR count). The Kier molecular flexibility index (Phi) is 4.46. The Labute approximate surface area is 129 Å². The maximum absolute atomic E-state index is 12.7. The summed E-state index contributed by atoms with van der Waals surface area (Å²) < 4.78 is 0. The fourth-order valence-corrected chi connectivity index (χ4v) is 3.92. The SMILES string of the molecule is Cc1ccsc1C(=O)C1CCCN(Cc2ccncc2)C1. The number of piperidine rings is 1. The molecular formula is C17H20N2OS. The second-order valence-electron chi connectivity index (χ2n) is 5.73. The molecule has 1 atom stereocenters. The molecule has 0 bridgehead atoms. The minimum atomic E-state index is 0.151. The molecule has 21 heavy (non-hydrogen) atoms. The zero-order valence-electron chi connectivity index (χ0n) is 12.3. The summed E-state index contributed by atoms with van der Waals surface area (Å²) in [5, 5.41) is 2.01. The summed E-state index contributed by atoms with van der Waals surface area (Å²) in [5.74, 6) is 0.486. The van der Waals surface area contributed by atoms with Crippen molar-refractivity contribution in [1.82, 2.24) is 9.88 Å². The van der Waals surface area contributed by atoms with Gasteiger partial charge in [0.25, 0.3) is 0 Å². The van der Waals surface area contributed by atoms with Crippen LogP contribution in [0.25, 0.3) is 0 Å². The molecule has 1 unspecified atom stereocenters. The first-order valence-electron chi connectivity index (χ1n) is 7.43. The van der Waals surface area contributed by atoms with E-state index in [0.717, 1.165) is 42.9 Å². The molecule has 0 aliphatic carbocycles. The van der Waals surface area contributed by atoms with Crippen LogP contribution in [0.3, 0.4) is 0 Å². The van der Waals surface area contributed by atoms with Crippen LogP contribution in [-0.4, -0.2) is 28.8 Å². The van der Waals surface area contributed by atoms with Crippen LogP contribution in [0.4, 0.5) is 0 Å². The number of thiophene rings is 1. The summed E-state index contributed by atoms with van der Waals surface area (Å²) in [5.41, 5.74) is 2.39. The zero-order chi connectivity index (χ0) is 14.7. The highest BCUT2D eigenvalue weighted by atomic mass is 32.1. The van der Waals surface area contributed by atoms with Crippen molar-refractivity contribution >= 4 is 17.1 Å². The first-order chi connectivity index (χ1) is 10.2. The number of nitrogens with zero attached hydrogens (tertiary/aromatic N) is 2. The number of pyridine rings is 1. The van der Waals surface area contributed by atoms with E-state index in [1.807, 2.05) is 30.8 Å². The van der Waals surface area contributed by atoms with E-state index in [1.165, 1.54) is 5.56 Å². The van der Waals surface area contributed by atoms with Gasteiger partial charge in [-0.05, 0) is 61.0 Å². The highest BCUT2D eigenvalue weighted by Crippen LogP contribution is 2.26. The summed E-state index contributed by atoms with van der Waals surface area (Å²) in [6.07, 6.45) is 5.78. The van der Waals surface area contributed by atoms with Gasteiger partial charge in [0.1, 0.15) is 0 Å². The van der Waals surface area contributed by atoms with Crippen LogP contribution in [0, 0.1) is 12.8 Å². The van der Waals surface area contributed by atoms with Crippen molar-refractivity contribution < 1.29 is 4.79 Å². The molecule has 2 aromatic rings. The van der Waals surface area contributed by atoms with Crippen molar-refractivity contribution in [1.29, 1.82) is 0 Å². The highest BCUT2D eigenvalue weighted by molar-refractivity contribution is 7.12. The van der Waals surface area contributed by atoms with Gasteiger partial charge < -0.3 is 0 Å². The van der Waals surface area contributed by atoms with Gasteiger partial charge in [-0.1, -0.05) is 0 Å². The Morgan fingerprint density at radius 1 is 1.38 bits per heavy atom. The molecule has 0 spiro atoms. The van der Waals surface area contributed by atoms with E-state index in [9.17, 15) is 4.79 Å². The molecule has 0 radical (unpaired) electrons. The van der Waals surface area contributed by atoms with Crippen LogP contribution in [0.2, 0.25) is 0 Å². The molecule has 0 amide bonds. The maximum atomic E-state index is 12.7. The van der Waals surface area contributed by atoms with Crippen LogP contribution in [0.15, 0.2) is 36.0 Å². The van der Waals surface area contributed by atoms with Gasteiger partial charge in [0.05, 0.1) is 4.88 Å². The van der Waals surface area contributed by atoms with Crippen molar-refractivity contribution in [3.8, 4) is 0 Å². The van der Waals surface area contributed by atoms with E-state index < -0.39 is 0 Å². The maximum Gasteiger partial charge on any atom is 0.177 e. The van der Waals surface area contributed by atoms with Gasteiger partial charge in [-0.15, -0.1) is 11.3 Å². The molecule has 0 N–H and O–H groups in total. The minimum absolute atomic E-state index is 0.151. The topological polar surface area (TPSA) is 33.2 Å². The average Bonchev–Trinajstić information content (AvgIpc) is 2.94. The Morgan fingerprint density at radius 2 is 2.19 bits per heavy atom. The smallest absolute Gasteiger partial charge is 0.177 e. The second-order valence-corrected chi connectivity index (χ2v) is 6.64. The number of Topliss-reactive ketones (excluding diaryl/α,β-unsaturated/α-hetero) is 1. The number of hydrogen-bond donors (Lipinski definition) is 0. The lowest BCUT2D eigenvalue weighted by Crippen LogP contribution is -2.38. The van der Waals surface area contributed by atoms with Crippen LogP contribution in [0.5, 0.6) is 0 Å². The number of carbonyl (C=O) groups is 1. The molecule has 1 aliphatic heterocycles. The van der Waals surface area contributed by atoms with Gasteiger partial charge in [0.2, 0.25) is 0 Å². The van der Waals surface area contributed by atoms with Crippen molar-refractivity contribution in [3.05, 3.63) is 52.0 Å². The summed E-state index contributed by atoms with van der Waals surface area (Å²) >= 11 is 1.58. The van der Waals surface area contributed by atoms with Gasteiger partial charge in [0, 0.05) is 31.4 Å². The lowest BCUT2D eigenvalue weighted by molar-refractivity contribution is 0.0815. The van der Waals surface area contributed by atoms with Crippen LogP contribution >= 0.6 is 11.3 Å². The fourth-order valence-electron chi connectivity index (χ4n) is 2.97. The van der Waals surface area contributed by atoms with Crippen LogP contribution in [0.1, 0.15) is 33.6 Å². The number of aromatic nitrogens is 1. The van der Waals surface area contributed by atoms with E-state index >= 15 is 0 Å². The standard InChI is InChI=1S/C17H20N2OS/c1-13-6-10-21-17(13)16(20)15-3-2-9-19(12-15)11-14-4-7-18-8-5-14/h4-8,10,15H,2-3,9,11-12H2,1H3. The first kappa shape index (κ1) is 14.4. The Balaban J connectivity index is 1.66. The first-order valence-corrected chi connectivity index (χ1v) is 8.31. The Morgan fingerprint density at radius 3 is 2.90 bits per heavy atom. The molecule has 1 fully saturated rings. The molecule has 110 valence electrons. The highest BCUT2D eigenvalue weighted by Gasteiger charge is 2.27. The lowest BCUT2D eigenvalue weighted by atomic mass is 9.92. The Bertz CT molecular complexity index is 608. The van der Waals surface area contributed by atoms with Gasteiger partial charge in [0.15, 0.2) is 5.78 Å². The van der Waals surface area contributed by atoms with Gasteiger partial charge in [-0.2, -0.15) is 0 Å². The number of ketones is 1. The molecule has 3 heterocycles.